The summed E-state index contributed by atoms with van der Waals surface area (Å²) in [5.41, 5.74) is 7.22. The van der Waals surface area contributed by atoms with E-state index in [0.717, 1.165) is 11.3 Å². The number of urea groups is 1. The number of hydrogen-bond donors (Lipinski definition) is 3. The van der Waals surface area contributed by atoms with Gasteiger partial charge in [-0.3, -0.25) is 0 Å². The summed E-state index contributed by atoms with van der Waals surface area (Å²) in [6.45, 7) is 2.47. The first-order chi connectivity index (χ1) is 7.61. The molecule has 1 aromatic rings. The van der Waals surface area contributed by atoms with Crippen LogP contribution in [0.1, 0.15) is 12.5 Å². The lowest BCUT2D eigenvalue weighted by molar-refractivity contribution is 0.252. The van der Waals surface area contributed by atoms with Crippen molar-refractivity contribution in [3.05, 3.63) is 29.8 Å². The smallest absolute Gasteiger partial charge is 0.319 e. The summed E-state index contributed by atoms with van der Waals surface area (Å²) in [6, 6.07) is 7.22. The van der Waals surface area contributed by atoms with Crippen molar-refractivity contribution in [2.45, 2.75) is 13.3 Å². The highest BCUT2D eigenvalue weighted by molar-refractivity contribution is 7.80. The number of anilines is 1. The van der Waals surface area contributed by atoms with Crippen LogP contribution < -0.4 is 16.4 Å². The van der Waals surface area contributed by atoms with Crippen LogP contribution in [0.3, 0.4) is 0 Å². The Morgan fingerprint density at radius 2 is 2.00 bits per heavy atom. The van der Waals surface area contributed by atoms with Gasteiger partial charge in [-0.2, -0.15) is 0 Å². The lowest BCUT2D eigenvalue weighted by Crippen LogP contribution is -2.28. The fourth-order valence-electron chi connectivity index (χ4n) is 1.24. The molecule has 0 heterocycles. The number of nitrogens with one attached hydrogen (secondary N) is 2. The average Bonchev–Trinajstić information content (AvgIpc) is 2.20. The van der Waals surface area contributed by atoms with Gasteiger partial charge in [0, 0.05) is 18.7 Å². The number of amides is 2. The van der Waals surface area contributed by atoms with Gasteiger partial charge in [0.25, 0.3) is 0 Å². The second-order valence-corrected chi connectivity index (χ2v) is 3.85. The van der Waals surface area contributed by atoms with Gasteiger partial charge in [0.05, 0.1) is 4.99 Å². The first kappa shape index (κ1) is 12.4. The third-order valence-corrected chi connectivity index (χ3v) is 2.07. The zero-order valence-corrected chi connectivity index (χ0v) is 9.93. The zero-order valence-electron chi connectivity index (χ0n) is 9.12. The summed E-state index contributed by atoms with van der Waals surface area (Å²) >= 11 is 4.81. The van der Waals surface area contributed by atoms with Gasteiger partial charge in [-0.1, -0.05) is 24.4 Å². The molecular formula is C11H15N3OS. The number of carbonyl (C=O) groups excluding carboxylic acids is 1. The van der Waals surface area contributed by atoms with Crippen molar-refractivity contribution in [2.24, 2.45) is 5.73 Å². The predicted molar refractivity (Wildman–Crippen MR) is 69.6 cm³/mol. The van der Waals surface area contributed by atoms with Gasteiger partial charge in [-0.05, 0) is 24.6 Å². The van der Waals surface area contributed by atoms with E-state index in [2.05, 4.69) is 10.6 Å². The summed E-state index contributed by atoms with van der Waals surface area (Å²) in [5, 5.41) is 5.36. The van der Waals surface area contributed by atoms with Crippen molar-refractivity contribution in [2.75, 3.05) is 11.9 Å². The van der Waals surface area contributed by atoms with Gasteiger partial charge in [-0.25, -0.2) is 4.79 Å². The number of carbonyl (C=O) groups is 1. The van der Waals surface area contributed by atoms with E-state index < -0.39 is 0 Å². The molecule has 0 aromatic heterocycles. The normalized spacial score (nSPS) is 9.56. The molecule has 16 heavy (non-hydrogen) atoms. The summed E-state index contributed by atoms with van der Waals surface area (Å²) < 4.78 is 0. The van der Waals surface area contributed by atoms with Crippen LogP contribution in [0, 0.1) is 0 Å². The molecule has 0 aliphatic heterocycles. The highest BCUT2D eigenvalue weighted by Gasteiger charge is 2.00. The molecule has 0 saturated carbocycles. The van der Waals surface area contributed by atoms with E-state index in [1.54, 1.807) is 0 Å². The monoisotopic (exact) mass is 237 g/mol. The Bertz CT molecular complexity index is 375. The van der Waals surface area contributed by atoms with Crippen LogP contribution in [0.2, 0.25) is 0 Å². The number of benzene rings is 1. The molecule has 0 atom stereocenters. The molecule has 1 rings (SSSR count). The largest absolute Gasteiger partial charge is 0.393 e. The molecule has 0 bridgehead atoms. The molecule has 4 nitrogen and oxygen atoms in total. The Balaban J connectivity index is 2.57. The van der Waals surface area contributed by atoms with Gasteiger partial charge < -0.3 is 16.4 Å². The maximum atomic E-state index is 11.2. The second-order valence-electron chi connectivity index (χ2n) is 3.32. The Kier molecular flexibility index (Phi) is 4.72. The van der Waals surface area contributed by atoms with Crippen molar-refractivity contribution in [1.29, 1.82) is 0 Å². The van der Waals surface area contributed by atoms with Gasteiger partial charge in [0.1, 0.15) is 0 Å². The SMILES string of the molecule is CCNC(=O)Nc1ccc(CC(N)=S)cc1. The van der Waals surface area contributed by atoms with Gasteiger partial charge in [0.15, 0.2) is 0 Å². The molecule has 2 amide bonds. The van der Waals surface area contributed by atoms with Crippen LogP contribution >= 0.6 is 12.2 Å². The van der Waals surface area contributed by atoms with Gasteiger partial charge >= 0.3 is 6.03 Å². The molecule has 0 saturated heterocycles. The van der Waals surface area contributed by atoms with Crippen LogP contribution in [0.15, 0.2) is 24.3 Å². The van der Waals surface area contributed by atoms with E-state index in [1.807, 2.05) is 31.2 Å². The molecular weight excluding hydrogens is 222 g/mol. The van der Waals surface area contributed by atoms with E-state index in [9.17, 15) is 4.79 Å². The zero-order chi connectivity index (χ0) is 12.0. The minimum Gasteiger partial charge on any atom is -0.393 e. The Labute approximate surface area is 100 Å². The number of rotatable bonds is 4. The fraction of sp³-hybridized carbons (Fsp3) is 0.273. The summed E-state index contributed by atoms with van der Waals surface area (Å²) in [4.78, 5) is 11.7. The van der Waals surface area contributed by atoms with E-state index in [-0.39, 0.29) is 6.03 Å². The third kappa shape index (κ3) is 4.27. The van der Waals surface area contributed by atoms with E-state index >= 15 is 0 Å². The fourth-order valence-corrected chi connectivity index (χ4v) is 1.41. The Morgan fingerprint density at radius 3 is 2.50 bits per heavy atom. The summed E-state index contributed by atoms with van der Waals surface area (Å²) in [6.07, 6.45) is 0.580. The molecule has 86 valence electrons. The van der Waals surface area contributed by atoms with Gasteiger partial charge in [-0.15, -0.1) is 0 Å². The van der Waals surface area contributed by atoms with E-state index in [0.29, 0.717) is 18.0 Å². The number of thiocarbonyl (C=S) groups is 1. The molecule has 5 heteroatoms. The van der Waals surface area contributed by atoms with Crippen molar-refractivity contribution >= 4 is 28.9 Å². The van der Waals surface area contributed by atoms with Crippen LogP contribution in [0.5, 0.6) is 0 Å². The predicted octanol–water partition coefficient (Wildman–Crippen LogP) is 1.66. The number of hydrogen-bond acceptors (Lipinski definition) is 2. The van der Waals surface area contributed by atoms with E-state index in [4.69, 9.17) is 18.0 Å². The van der Waals surface area contributed by atoms with Crippen molar-refractivity contribution in [1.82, 2.24) is 5.32 Å². The second kappa shape index (κ2) is 6.07. The lowest BCUT2D eigenvalue weighted by Gasteiger charge is -2.06. The van der Waals surface area contributed by atoms with Crippen LogP contribution in [-0.2, 0) is 6.42 Å². The standard InChI is InChI=1S/C11H15N3OS/c1-2-13-11(15)14-9-5-3-8(4-6-9)7-10(12)16/h3-6H,2,7H2,1H3,(H2,12,16)(H2,13,14,15). The molecule has 0 unspecified atom stereocenters. The lowest BCUT2D eigenvalue weighted by atomic mass is 10.1. The van der Waals surface area contributed by atoms with Crippen LogP contribution in [0.4, 0.5) is 10.5 Å². The van der Waals surface area contributed by atoms with Crippen LogP contribution in [-0.4, -0.2) is 17.6 Å². The molecule has 1 aromatic carbocycles. The minimum atomic E-state index is -0.204. The molecule has 0 fully saturated rings. The molecule has 4 N–H and O–H groups in total. The maximum absolute atomic E-state index is 11.2. The number of nitrogens with two attached hydrogens (primary N) is 1. The molecule has 0 spiro atoms. The first-order valence-electron chi connectivity index (χ1n) is 5.04. The van der Waals surface area contributed by atoms with Gasteiger partial charge in [0.2, 0.25) is 0 Å². The average molecular weight is 237 g/mol. The van der Waals surface area contributed by atoms with Crippen LogP contribution in [0.25, 0.3) is 0 Å². The topological polar surface area (TPSA) is 67.2 Å². The first-order valence-corrected chi connectivity index (χ1v) is 5.44. The Hall–Kier alpha value is -1.62. The highest BCUT2D eigenvalue weighted by atomic mass is 32.1. The third-order valence-electron chi connectivity index (χ3n) is 1.93. The molecule has 0 radical (unpaired) electrons. The minimum absolute atomic E-state index is 0.204. The molecule has 0 aliphatic carbocycles. The van der Waals surface area contributed by atoms with Crippen molar-refractivity contribution in [3.8, 4) is 0 Å². The van der Waals surface area contributed by atoms with Crippen molar-refractivity contribution in [3.63, 3.8) is 0 Å². The van der Waals surface area contributed by atoms with Crippen molar-refractivity contribution < 1.29 is 4.79 Å². The Morgan fingerprint density at radius 1 is 1.38 bits per heavy atom. The van der Waals surface area contributed by atoms with E-state index in [1.165, 1.54) is 0 Å². The quantitative estimate of drug-likeness (QED) is 0.698. The summed E-state index contributed by atoms with van der Waals surface area (Å²) in [5.74, 6) is 0. The molecule has 0 aliphatic rings. The maximum Gasteiger partial charge on any atom is 0.319 e. The summed E-state index contributed by atoms with van der Waals surface area (Å²) in [7, 11) is 0. The highest BCUT2D eigenvalue weighted by Crippen LogP contribution is 2.09.